The Hall–Kier alpha value is -0.570. The fourth-order valence-corrected chi connectivity index (χ4v) is 2.64. The first-order chi connectivity index (χ1) is 7.13. The van der Waals surface area contributed by atoms with Crippen molar-refractivity contribution in [3.05, 3.63) is 0 Å². The zero-order valence-corrected chi connectivity index (χ0v) is 9.78. The Kier molecular flexibility index (Phi) is 3.01. The smallest absolute Gasteiger partial charge is 0.226 e. The highest BCUT2D eigenvalue weighted by atomic mass is 16.2. The van der Waals surface area contributed by atoms with E-state index >= 15 is 0 Å². The molecule has 1 amide bonds. The van der Waals surface area contributed by atoms with Gasteiger partial charge in [-0.15, -0.1) is 0 Å². The maximum atomic E-state index is 12.1. The van der Waals surface area contributed by atoms with Gasteiger partial charge in [0, 0.05) is 25.0 Å². The van der Waals surface area contributed by atoms with Gasteiger partial charge in [-0.25, -0.2) is 0 Å². The van der Waals surface area contributed by atoms with Gasteiger partial charge in [0.05, 0.1) is 0 Å². The molecule has 1 aliphatic heterocycles. The van der Waals surface area contributed by atoms with Crippen LogP contribution in [0.1, 0.15) is 33.1 Å². The molecule has 1 aliphatic carbocycles. The van der Waals surface area contributed by atoms with Gasteiger partial charge in [-0.2, -0.15) is 0 Å². The molecule has 1 saturated carbocycles. The van der Waals surface area contributed by atoms with E-state index in [9.17, 15) is 4.79 Å². The van der Waals surface area contributed by atoms with Crippen LogP contribution in [0.3, 0.4) is 0 Å². The molecule has 0 aromatic heterocycles. The number of carbonyl (C=O) groups excluding carboxylic acids is 1. The SMILES string of the molecule is CC1CCN(C(=O)C2CC2C)C(CN)C1. The molecule has 86 valence electrons. The summed E-state index contributed by atoms with van der Waals surface area (Å²) in [6.45, 7) is 5.96. The lowest BCUT2D eigenvalue weighted by atomic mass is 9.92. The summed E-state index contributed by atoms with van der Waals surface area (Å²) >= 11 is 0. The van der Waals surface area contributed by atoms with Gasteiger partial charge in [-0.3, -0.25) is 4.79 Å². The highest BCUT2D eigenvalue weighted by Gasteiger charge is 2.43. The number of nitrogens with zero attached hydrogens (tertiary/aromatic N) is 1. The van der Waals surface area contributed by atoms with E-state index < -0.39 is 0 Å². The average molecular weight is 210 g/mol. The van der Waals surface area contributed by atoms with Gasteiger partial charge in [-0.1, -0.05) is 13.8 Å². The third-order valence-corrected chi connectivity index (χ3v) is 3.96. The molecule has 15 heavy (non-hydrogen) atoms. The van der Waals surface area contributed by atoms with Crippen molar-refractivity contribution < 1.29 is 4.79 Å². The second-order valence-corrected chi connectivity index (χ2v) is 5.37. The number of likely N-dealkylation sites (tertiary alicyclic amines) is 1. The van der Waals surface area contributed by atoms with Crippen LogP contribution in [-0.2, 0) is 4.79 Å². The summed E-state index contributed by atoms with van der Waals surface area (Å²) in [5, 5.41) is 0. The van der Waals surface area contributed by atoms with E-state index in [1.165, 1.54) is 0 Å². The summed E-state index contributed by atoms with van der Waals surface area (Å²) in [4.78, 5) is 14.2. The van der Waals surface area contributed by atoms with E-state index in [4.69, 9.17) is 5.73 Å². The van der Waals surface area contributed by atoms with Crippen molar-refractivity contribution >= 4 is 5.91 Å². The number of nitrogens with two attached hydrogens (primary N) is 1. The molecule has 2 N–H and O–H groups in total. The summed E-state index contributed by atoms with van der Waals surface area (Å²) in [5.74, 6) is 2.01. The van der Waals surface area contributed by atoms with E-state index in [1.807, 2.05) is 4.90 Å². The van der Waals surface area contributed by atoms with Crippen molar-refractivity contribution in [3.8, 4) is 0 Å². The minimum atomic E-state index is 0.300. The minimum Gasteiger partial charge on any atom is -0.338 e. The molecule has 0 bridgehead atoms. The quantitative estimate of drug-likeness (QED) is 0.745. The van der Waals surface area contributed by atoms with Crippen LogP contribution in [0, 0.1) is 17.8 Å². The van der Waals surface area contributed by atoms with Crippen molar-refractivity contribution in [3.63, 3.8) is 0 Å². The Morgan fingerprint density at radius 2 is 2.07 bits per heavy atom. The van der Waals surface area contributed by atoms with E-state index in [2.05, 4.69) is 13.8 Å². The van der Waals surface area contributed by atoms with Gasteiger partial charge in [0.15, 0.2) is 0 Å². The molecule has 3 heteroatoms. The minimum absolute atomic E-state index is 0.300. The summed E-state index contributed by atoms with van der Waals surface area (Å²) in [6.07, 6.45) is 3.31. The molecule has 2 rings (SSSR count). The predicted molar refractivity (Wildman–Crippen MR) is 60.2 cm³/mol. The third kappa shape index (κ3) is 2.17. The number of rotatable bonds is 2. The lowest BCUT2D eigenvalue weighted by Gasteiger charge is -2.38. The van der Waals surface area contributed by atoms with Gasteiger partial charge in [0.1, 0.15) is 0 Å². The zero-order chi connectivity index (χ0) is 11.0. The second-order valence-electron chi connectivity index (χ2n) is 5.37. The molecule has 2 fully saturated rings. The highest BCUT2D eigenvalue weighted by molar-refractivity contribution is 5.82. The first-order valence-electron chi connectivity index (χ1n) is 6.14. The molecule has 0 spiro atoms. The molecule has 0 radical (unpaired) electrons. The van der Waals surface area contributed by atoms with E-state index in [0.29, 0.717) is 30.3 Å². The first-order valence-corrected chi connectivity index (χ1v) is 6.14. The molecule has 3 nitrogen and oxygen atoms in total. The summed E-state index contributed by atoms with van der Waals surface area (Å²) in [7, 11) is 0. The summed E-state index contributed by atoms with van der Waals surface area (Å²) in [6, 6.07) is 0.300. The van der Waals surface area contributed by atoms with E-state index in [0.717, 1.165) is 31.7 Å². The Labute approximate surface area is 92.0 Å². The fourth-order valence-electron chi connectivity index (χ4n) is 2.64. The van der Waals surface area contributed by atoms with Crippen LogP contribution in [-0.4, -0.2) is 29.9 Å². The van der Waals surface area contributed by atoms with Crippen molar-refractivity contribution in [1.82, 2.24) is 4.90 Å². The Morgan fingerprint density at radius 3 is 2.60 bits per heavy atom. The van der Waals surface area contributed by atoms with Crippen LogP contribution in [0.25, 0.3) is 0 Å². The fraction of sp³-hybridized carbons (Fsp3) is 0.917. The number of amides is 1. The molecule has 4 atom stereocenters. The van der Waals surface area contributed by atoms with E-state index in [1.54, 1.807) is 0 Å². The van der Waals surface area contributed by atoms with Crippen LogP contribution < -0.4 is 5.73 Å². The number of hydrogen-bond donors (Lipinski definition) is 1. The Morgan fingerprint density at radius 1 is 1.40 bits per heavy atom. The van der Waals surface area contributed by atoms with Crippen LogP contribution in [0.5, 0.6) is 0 Å². The molecule has 2 aliphatic rings. The molecule has 1 heterocycles. The number of hydrogen-bond acceptors (Lipinski definition) is 2. The maximum absolute atomic E-state index is 12.1. The number of piperidine rings is 1. The Bertz CT molecular complexity index is 254. The third-order valence-electron chi connectivity index (χ3n) is 3.96. The van der Waals surface area contributed by atoms with Crippen molar-refractivity contribution in [2.45, 2.75) is 39.2 Å². The van der Waals surface area contributed by atoms with Crippen molar-refractivity contribution in [2.24, 2.45) is 23.5 Å². The zero-order valence-electron chi connectivity index (χ0n) is 9.78. The van der Waals surface area contributed by atoms with Crippen LogP contribution in [0.4, 0.5) is 0 Å². The summed E-state index contributed by atoms with van der Waals surface area (Å²) < 4.78 is 0. The Balaban J connectivity index is 1.97. The largest absolute Gasteiger partial charge is 0.338 e. The molecular weight excluding hydrogens is 188 g/mol. The molecule has 4 unspecified atom stereocenters. The summed E-state index contributed by atoms with van der Waals surface area (Å²) in [5.41, 5.74) is 5.75. The average Bonchev–Trinajstić information content (AvgIpc) is 2.94. The maximum Gasteiger partial charge on any atom is 0.226 e. The lowest BCUT2D eigenvalue weighted by molar-refractivity contribution is -0.137. The lowest BCUT2D eigenvalue weighted by Crippen LogP contribution is -2.49. The van der Waals surface area contributed by atoms with Gasteiger partial charge in [0.25, 0.3) is 0 Å². The van der Waals surface area contributed by atoms with Gasteiger partial charge >= 0.3 is 0 Å². The topological polar surface area (TPSA) is 46.3 Å². The predicted octanol–water partition coefficient (Wildman–Crippen LogP) is 1.23. The van der Waals surface area contributed by atoms with Gasteiger partial charge in [-0.05, 0) is 31.1 Å². The van der Waals surface area contributed by atoms with Crippen LogP contribution in [0.2, 0.25) is 0 Å². The normalized spacial score (nSPS) is 40.3. The van der Waals surface area contributed by atoms with E-state index in [-0.39, 0.29) is 0 Å². The van der Waals surface area contributed by atoms with Gasteiger partial charge < -0.3 is 10.6 Å². The van der Waals surface area contributed by atoms with Gasteiger partial charge in [0.2, 0.25) is 5.91 Å². The van der Waals surface area contributed by atoms with Crippen LogP contribution in [0.15, 0.2) is 0 Å². The highest BCUT2D eigenvalue weighted by Crippen LogP contribution is 2.40. The molecule has 1 saturated heterocycles. The standard InChI is InChI=1S/C12H22N2O/c1-8-3-4-14(10(5-8)7-13)12(15)11-6-9(11)2/h8-11H,3-7,13H2,1-2H3. The number of carbonyl (C=O) groups is 1. The molecule has 0 aromatic carbocycles. The molecular formula is C12H22N2O. The first kappa shape index (κ1) is 10.9. The monoisotopic (exact) mass is 210 g/mol. The van der Waals surface area contributed by atoms with Crippen LogP contribution >= 0.6 is 0 Å². The van der Waals surface area contributed by atoms with Crippen molar-refractivity contribution in [2.75, 3.05) is 13.1 Å². The molecule has 0 aromatic rings. The van der Waals surface area contributed by atoms with Crippen molar-refractivity contribution in [1.29, 1.82) is 0 Å². The second kappa shape index (κ2) is 4.12.